The van der Waals surface area contributed by atoms with Gasteiger partial charge in [-0.05, 0) is 18.9 Å². The number of fused-ring (bicyclic) bond motifs is 1. The first-order chi connectivity index (χ1) is 13.2. The topological polar surface area (TPSA) is 59.2 Å². The van der Waals surface area contributed by atoms with E-state index in [2.05, 4.69) is 4.98 Å². The monoisotopic (exact) mass is 361 g/mol. The Hall–Kier alpha value is -2.88. The van der Waals surface area contributed by atoms with E-state index in [4.69, 9.17) is 4.74 Å². The molecule has 1 aliphatic rings. The maximum absolute atomic E-state index is 13.3. The third-order valence-corrected chi connectivity index (χ3v) is 5.37. The molecule has 2 aromatic carbocycles. The van der Waals surface area contributed by atoms with Crippen LogP contribution in [0.2, 0.25) is 0 Å². The number of benzene rings is 2. The quantitative estimate of drug-likeness (QED) is 0.501. The number of Topliss-reactive ketones (excluding diaryl/α,β-unsaturated/α-hetero) is 1. The second kappa shape index (κ2) is 7.78. The second-order valence-corrected chi connectivity index (χ2v) is 7.17. The molecule has 1 N–H and O–H groups in total. The maximum Gasteiger partial charge on any atom is 0.310 e. The number of hydrogen-bond donors (Lipinski definition) is 1. The van der Waals surface area contributed by atoms with Crippen molar-refractivity contribution in [2.45, 2.75) is 38.2 Å². The van der Waals surface area contributed by atoms with Crippen molar-refractivity contribution in [1.82, 2.24) is 4.98 Å². The van der Waals surface area contributed by atoms with E-state index < -0.39 is 6.10 Å². The zero-order valence-electron chi connectivity index (χ0n) is 15.2. The number of rotatable bonds is 5. The molecule has 4 heteroatoms. The molecular formula is C23H23NO3. The van der Waals surface area contributed by atoms with Crippen molar-refractivity contribution in [3.63, 3.8) is 0 Å². The number of esters is 1. The van der Waals surface area contributed by atoms with Crippen molar-refractivity contribution < 1.29 is 14.3 Å². The Morgan fingerprint density at radius 1 is 0.926 bits per heavy atom. The summed E-state index contributed by atoms with van der Waals surface area (Å²) in [6.07, 6.45) is 5.75. The molecule has 1 heterocycles. The van der Waals surface area contributed by atoms with Gasteiger partial charge in [-0.3, -0.25) is 9.59 Å². The molecular weight excluding hydrogens is 338 g/mol. The largest absolute Gasteiger partial charge is 0.449 e. The van der Waals surface area contributed by atoms with E-state index in [0.29, 0.717) is 11.1 Å². The van der Waals surface area contributed by atoms with Gasteiger partial charge in [0.25, 0.3) is 0 Å². The molecule has 4 nitrogen and oxygen atoms in total. The van der Waals surface area contributed by atoms with Crippen LogP contribution in [0.1, 0.15) is 54.1 Å². The summed E-state index contributed by atoms with van der Waals surface area (Å²) in [5.41, 5.74) is 2.15. The number of hydrogen-bond acceptors (Lipinski definition) is 3. The van der Waals surface area contributed by atoms with Gasteiger partial charge in [-0.15, -0.1) is 0 Å². The van der Waals surface area contributed by atoms with Crippen molar-refractivity contribution in [1.29, 1.82) is 0 Å². The van der Waals surface area contributed by atoms with Crippen LogP contribution in [0.4, 0.5) is 0 Å². The summed E-state index contributed by atoms with van der Waals surface area (Å²) in [6, 6.07) is 16.9. The van der Waals surface area contributed by atoms with Gasteiger partial charge in [0.05, 0.1) is 5.92 Å². The maximum atomic E-state index is 13.3. The molecule has 1 saturated carbocycles. The van der Waals surface area contributed by atoms with Gasteiger partial charge in [0, 0.05) is 28.2 Å². The zero-order chi connectivity index (χ0) is 18.6. The van der Waals surface area contributed by atoms with Crippen LogP contribution in [-0.2, 0) is 9.53 Å². The first-order valence-corrected chi connectivity index (χ1v) is 9.60. The minimum absolute atomic E-state index is 0.0965. The predicted molar refractivity (Wildman–Crippen MR) is 104 cm³/mol. The van der Waals surface area contributed by atoms with Gasteiger partial charge in [0.15, 0.2) is 6.10 Å². The average Bonchev–Trinajstić information content (AvgIpc) is 3.17. The lowest BCUT2D eigenvalue weighted by atomic mass is 9.89. The van der Waals surface area contributed by atoms with E-state index in [1.807, 2.05) is 54.6 Å². The van der Waals surface area contributed by atoms with E-state index >= 15 is 0 Å². The number of carbonyl (C=O) groups excluding carboxylic acids is 2. The number of para-hydroxylation sites is 1. The fourth-order valence-electron chi connectivity index (χ4n) is 3.87. The number of H-pyrrole nitrogens is 1. The highest BCUT2D eigenvalue weighted by molar-refractivity contribution is 6.10. The molecule has 3 aromatic rings. The van der Waals surface area contributed by atoms with Crippen LogP contribution < -0.4 is 0 Å². The SMILES string of the molecule is O=C(OC(C(=O)c1c[nH]c2ccccc12)c1ccccc1)C1CCCCC1. The molecule has 1 unspecified atom stereocenters. The summed E-state index contributed by atoms with van der Waals surface area (Å²) in [5, 5.41) is 0.845. The van der Waals surface area contributed by atoms with Crippen molar-refractivity contribution in [2.75, 3.05) is 0 Å². The number of carbonyl (C=O) groups is 2. The Labute approximate surface area is 158 Å². The van der Waals surface area contributed by atoms with Gasteiger partial charge in [0.1, 0.15) is 0 Å². The van der Waals surface area contributed by atoms with Crippen molar-refractivity contribution in [3.05, 3.63) is 71.9 Å². The van der Waals surface area contributed by atoms with Crippen LogP contribution in [0.3, 0.4) is 0 Å². The smallest absolute Gasteiger partial charge is 0.310 e. The zero-order valence-corrected chi connectivity index (χ0v) is 15.2. The third kappa shape index (κ3) is 3.65. The van der Waals surface area contributed by atoms with Crippen LogP contribution >= 0.6 is 0 Å². The Morgan fingerprint density at radius 3 is 2.41 bits per heavy atom. The average molecular weight is 361 g/mol. The Bertz CT molecular complexity index is 938. The standard InChI is InChI=1S/C23H23NO3/c25-21(19-15-24-20-14-8-7-13-18(19)20)22(16-9-3-1-4-10-16)27-23(26)17-11-5-2-6-12-17/h1,3-4,7-10,13-15,17,22,24H,2,5-6,11-12H2. The van der Waals surface area contributed by atoms with Crippen molar-refractivity contribution in [2.24, 2.45) is 5.92 Å². The van der Waals surface area contributed by atoms with Gasteiger partial charge in [-0.1, -0.05) is 67.8 Å². The number of ketones is 1. The highest BCUT2D eigenvalue weighted by Gasteiger charge is 2.31. The first kappa shape index (κ1) is 17.5. The molecule has 138 valence electrons. The summed E-state index contributed by atoms with van der Waals surface area (Å²) in [5.74, 6) is -0.541. The van der Waals surface area contributed by atoms with Crippen molar-refractivity contribution in [3.8, 4) is 0 Å². The van der Waals surface area contributed by atoms with Gasteiger partial charge < -0.3 is 9.72 Å². The van der Waals surface area contributed by atoms with Gasteiger partial charge >= 0.3 is 5.97 Å². The highest BCUT2D eigenvalue weighted by atomic mass is 16.5. The minimum Gasteiger partial charge on any atom is -0.449 e. The van der Waals surface area contributed by atoms with Crippen molar-refractivity contribution >= 4 is 22.7 Å². The van der Waals surface area contributed by atoms with Gasteiger partial charge in [-0.25, -0.2) is 0 Å². The molecule has 4 rings (SSSR count). The first-order valence-electron chi connectivity index (χ1n) is 9.60. The summed E-state index contributed by atoms with van der Waals surface area (Å²) in [6.45, 7) is 0. The molecule has 0 bridgehead atoms. The van der Waals surface area contributed by atoms with Gasteiger partial charge in [0.2, 0.25) is 5.78 Å². The highest BCUT2D eigenvalue weighted by Crippen LogP contribution is 2.31. The Morgan fingerprint density at radius 2 is 1.63 bits per heavy atom. The molecule has 0 saturated heterocycles. The lowest BCUT2D eigenvalue weighted by molar-refractivity contribution is -0.153. The summed E-state index contributed by atoms with van der Waals surface area (Å²) in [7, 11) is 0. The molecule has 1 atom stereocenters. The Kier molecular flexibility index (Phi) is 5.05. The minimum atomic E-state index is -0.917. The number of ether oxygens (including phenoxy) is 1. The van der Waals surface area contributed by atoms with Gasteiger partial charge in [-0.2, -0.15) is 0 Å². The molecule has 1 aliphatic carbocycles. The van der Waals surface area contributed by atoms with E-state index in [1.165, 1.54) is 6.42 Å². The van der Waals surface area contributed by atoms with Crippen LogP contribution in [0.5, 0.6) is 0 Å². The third-order valence-electron chi connectivity index (χ3n) is 5.37. The normalized spacial score (nSPS) is 16.1. The summed E-state index contributed by atoms with van der Waals surface area (Å²) in [4.78, 5) is 29.2. The molecule has 0 aliphatic heterocycles. The fourth-order valence-corrected chi connectivity index (χ4v) is 3.87. The van der Waals surface area contributed by atoms with Crippen LogP contribution in [0.25, 0.3) is 10.9 Å². The molecule has 0 spiro atoms. The molecule has 1 fully saturated rings. The predicted octanol–water partition coefficient (Wildman–Crippen LogP) is 5.22. The number of aromatic nitrogens is 1. The van der Waals surface area contributed by atoms with Crippen LogP contribution in [0.15, 0.2) is 60.8 Å². The van der Waals surface area contributed by atoms with E-state index in [0.717, 1.165) is 36.6 Å². The van der Waals surface area contributed by atoms with E-state index in [9.17, 15) is 9.59 Å². The second-order valence-electron chi connectivity index (χ2n) is 7.17. The number of nitrogens with one attached hydrogen (secondary N) is 1. The van der Waals surface area contributed by atoms with E-state index in [-0.39, 0.29) is 17.7 Å². The Balaban J connectivity index is 1.65. The summed E-state index contributed by atoms with van der Waals surface area (Å²) < 4.78 is 5.81. The molecule has 27 heavy (non-hydrogen) atoms. The summed E-state index contributed by atoms with van der Waals surface area (Å²) >= 11 is 0. The van der Waals surface area contributed by atoms with Crippen LogP contribution in [0, 0.1) is 5.92 Å². The lowest BCUT2D eigenvalue weighted by Gasteiger charge is -2.23. The lowest BCUT2D eigenvalue weighted by Crippen LogP contribution is -2.26. The molecule has 0 radical (unpaired) electrons. The fraction of sp³-hybridized carbons (Fsp3) is 0.304. The number of aromatic amines is 1. The molecule has 1 aromatic heterocycles. The van der Waals surface area contributed by atoms with E-state index in [1.54, 1.807) is 6.20 Å². The molecule has 0 amide bonds. The van der Waals surface area contributed by atoms with Crippen LogP contribution in [-0.4, -0.2) is 16.7 Å².